The fourth-order valence-corrected chi connectivity index (χ4v) is 2.94. The van der Waals surface area contributed by atoms with Crippen molar-refractivity contribution in [2.75, 3.05) is 6.54 Å². The van der Waals surface area contributed by atoms with E-state index in [0.717, 1.165) is 16.8 Å². The summed E-state index contributed by atoms with van der Waals surface area (Å²) in [5, 5.41) is 4.07. The van der Waals surface area contributed by atoms with Crippen LogP contribution >= 0.6 is 0 Å². The first kappa shape index (κ1) is 15.1. The van der Waals surface area contributed by atoms with E-state index < -0.39 is 0 Å². The smallest absolute Gasteiger partial charge is 0.216 e. The Morgan fingerprint density at radius 3 is 2.57 bits per heavy atom. The van der Waals surface area contributed by atoms with Crippen molar-refractivity contribution in [2.24, 2.45) is 0 Å². The van der Waals surface area contributed by atoms with Crippen molar-refractivity contribution in [3.8, 4) is 11.3 Å². The molecular weight excluding hydrogens is 284 g/mol. The van der Waals surface area contributed by atoms with Crippen LogP contribution in [-0.2, 0) is 4.79 Å². The highest BCUT2D eigenvalue weighted by atomic mass is 16.1. The van der Waals surface area contributed by atoms with E-state index in [1.165, 1.54) is 17.9 Å². The molecule has 1 amide bonds. The second-order valence-corrected chi connectivity index (χ2v) is 5.60. The molecule has 23 heavy (non-hydrogen) atoms. The molecular formula is C20H20N2O. The van der Waals surface area contributed by atoms with Crippen LogP contribution in [0.3, 0.4) is 0 Å². The van der Waals surface area contributed by atoms with Crippen LogP contribution in [-0.4, -0.2) is 17.4 Å². The van der Waals surface area contributed by atoms with Gasteiger partial charge in [0.2, 0.25) is 5.91 Å². The summed E-state index contributed by atoms with van der Waals surface area (Å²) < 4.78 is 0. The molecule has 0 aliphatic heterocycles. The number of fused-ring (bicyclic) bond motifs is 1. The lowest BCUT2D eigenvalue weighted by molar-refractivity contribution is -0.118. The number of hydrogen-bond donors (Lipinski definition) is 2. The number of carbonyl (C=O) groups is 1. The molecule has 3 heteroatoms. The lowest BCUT2D eigenvalue weighted by atomic mass is 9.93. The van der Waals surface area contributed by atoms with E-state index in [4.69, 9.17) is 0 Å². The summed E-state index contributed by atoms with van der Waals surface area (Å²) in [4.78, 5) is 14.8. The lowest BCUT2D eigenvalue weighted by Gasteiger charge is -2.15. The van der Waals surface area contributed by atoms with Gasteiger partial charge in [-0.2, -0.15) is 0 Å². The normalized spacial score (nSPS) is 12.0. The van der Waals surface area contributed by atoms with Crippen LogP contribution in [0.4, 0.5) is 0 Å². The fourth-order valence-electron chi connectivity index (χ4n) is 2.94. The Balaban J connectivity index is 2.16. The van der Waals surface area contributed by atoms with E-state index in [1.807, 2.05) is 36.4 Å². The van der Waals surface area contributed by atoms with E-state index in [0.29, 0.717) is 6.54 Å². The summed E-state index contributed by atoms with van der Waals surface area (Å²) in [6.45, 7) is 6.05. The number of benzene rings is 2. The molecule has 0 radical (unpaired) electrons. The third kappa shape index (κ3) is 3.04. The van der Waals surface area contributed by atoms with Gasteiger partial charge in [-0.15, -0.1) is 6.58 Å². The first-order valence-electron chi connectivity index (χ1n) is 7.73. The molecule has 2 aromatic carbocycles. The first-order chi connectivity index (χ1) is 11.2. The number of para-hydroxylation sites is 1. The van der Waals surface area contributed by atoms with Crippen molar-refractivity contribution >= 4 is 16.8 Å². The van der Waals surface area contributed by atoms with Crippen LogP contribution < -0.4 is 5.32 Å². The molecule has 1 atom stereocenters. The highest BCUT2D eigenvalue weighted by molar-refractivity contribution is 5.91. The molecule has 3 nitrogen and oxygen atoms in total. The molecule has 3 rings (SSSR count). The van der Waals surface area contributed by atoms with Gasteiger partial charge in [-0.05, 0) is 17.2 Å². The zero-order chi connectivity index (χ0) is 16.2. The molecule has 1 heterocycles. The van der Waals surface area contributed by atoms with Gasteiger partial charge in [-0.25, -0.2) is 0 Å². The second-order valence-electron chi connectivity index (χ2n) is 5.60. The quantitative estimate of drug-likeness (QED) is 0.680. The minimum Gasteiger partial charge on any atom is -0.355 e. The number of H-pyrrole nitrogens is 1. The van der Waals surface area contributed by atoms with Crippen molar-refractivity contribution in [1.29, 1.82) is 0 Å². The van der Waals surface area contributed by atoms with Crippen molar-refractivity contribution in [1.82, 2.24) is 10.3 Å². The van der Waals surface area contributed by atoms with Crippen molar-refractivity contribution in [3.05, 3.63) is 72.8 Å². The van der Waals surface area contributed by atoms with Crippen LogP contribution in [0.1, 0.15) is 18.4 Å². The standard InChI is InChI=1S/C20H20N2O/c1-3-15(13-21-14(2)23)19-17-11-7-8-12-18(17)22-20(19)16-9-5-4-6-10-16/h3-12,15,22H,1,13H2,2H3,(H,21,23)/t15-/m0/s1. The van der Waals surface area contributed by atoms with Gasteiger partial charge in [0.25, 0.3) is 0 Å². The monoisotopic (exact) mass is 304 g/mol. The molecule has 2 N–H and O–H groups in total. The highest BCUT2D eigenvalue weighted by Gasteiger charge is 2.19. The molecule has 0 spiro atoms. The molecule has 0 saturated carbocycles. The van der Waals surface area contributed by atoms with Crippen LogP contribution in [0.2, 0.25) is 0 Å². The Kier molecular flexibility index (Phi) is 4.29. The van der Waals surface area contributed by atoms with E-state index in [1.54, 1.807) is 0 Å². The lowest BCUT2D eigenvalue weighted by Crippen LogP contribution is -2.25. The Hall–Kier alpha value is -2.81. The number of nitrogens with one attached hydrogen (secondary N) is 2. The maximum Gasteiger partial charge on any atom is 0.216 e. The molecule has 0 fully saturated rings. The number of aromatic amines is 1. The van der Waals surface area contributed by atoms with Gasteiger partial charge in [-0.1, -0.05) is 54.6 Å². The van der Waals surface area contributed by atoms with Gasteiger partial charge in [0.1, 0.15) is 0 Å². The van der Waals surface area contributed by atoms with Gasteiger partial charge in [0.15, 0.2) is 0 Å². The summed E-state index contributed by atoms with van der Waals surface area (Å²) in [5.41, 5.74) is 4.49. The number of rotatable bonds is 5. The molecule has 1 aromatic heterocycles. The summed E-state index contributed by atoms with van der Waals surface area (Å²) >= 11 is 0. The minimum absolute atomic E-state index is 0.0297. The van der Waals surface area contributed by atoms with Gasteiger partial charge in [0, 0.05) is 30.3 Å². The molecule has 0 unspecified atom stereocenters. The van der Waals surface area contributed by atoms with Crippen molar-refractivity contribution in [2.45, 2.75) is 12.8 Å². The van der Waals surface area contributed by atoms with Crippen LogP contribution in [0, 0.1) is 0 Å². The van der Waals surface area contributed by atoms with Crippen LogP contribution in [0.25, 0.3) is 22.2 Å². The highest BCUT2D eigenvalue weighted by Crippen LogP contribution is 2.35. The summed E-state index contributed by atoms with van der Waals surface area (Å²) in [5.74, 6) is 0.0169. The average Bonchev–Trinajstić information content (AvgIpc) is 2.96. The van der Waals surface area contributed by atoms with Crippen molar-refractivity contribution in [3.63, 3.8) is 0 Å². The Bertz CT molecular complexity index is 833. The third-order valence-electron chi connectivity index (χ3n) is 4.03. The zero-order valence-corrected chi connectivity index (χ0v) is 13.2. The number of hydrogen-bond acceptors (Lipinski definition) is 1. The van der Waals surface area contributed by atoms with Gasteiger partial charge in [-0.3, -0.25) is 4.79 Å². The summed E-state index contributed by atoms with van der Waals surface area (Å²) in [7, 11) is 0. The van der Waals surface area contributed by atoms with E-state index in [-0.39, 0.29) is 11.8 Å². The molecule has 116 valence electrons. The predicted octanol–water partition coefficient (Wildman–Crippen LogP) is 4.24. The molecule has 0 aliphatic rings. The van der Waals surface area contributed by atoms with Crippen molar-refractivity contribution < 1.29 is 4.79 Å². The maximum atomic E-state index is 11.3. The second kappa shape index (κ2) is 6.53. The zero-order valence-electron chi connectivity index (χ0n) is 13.2. The first-order valence-corrected chi connectivity index (χ1v) is 7.73. The number of aromatic nitrogens is 1. The SMILES string of the molecule is C=C[C@@H](CNC(C)=O)c1c(-c2ccccc2)[nH]c2ccccc12. The summed E-state index contributed by atoms with van der Waals surface area (Å²) in [6.07, 6.45) is 1.90. The number of carbonyl (C=O) groups excluding carboxylic acids is 1. The molecule has 3 aromatic rings. The fraction of sp³-hybridized carbons (Fsp3) is 0.150. The van der Waals surface area contributed by atoms with Gasteiger partial charge >= 0.3 is 0 Å². The average molecular weight is 304 g/mol. The maximum absolute atomic E-state index is 11.3. The molecule has 0 saturated heterocycles. The van der Waals surface area contributed by atoms with E-state index in [2.05, 4.69) is 41.1 Å². The Labute approximate surface area is 136 Å². The topological polar surface area (TPSA) is 44.9 Å². The predicted molar refractivity (Wildman–Crippen MR) is 95.4 cm³/mol. The largest absolute Gasteiger partial charge is 0.355 e. The summed E-state index contributed by atoms with van der Waals surface area (Å²) in [6, 6.07) is 18.5. The van der Waals surface area contributed by atoms with E-state index >= 15 is 0 Å². The van der Waals surface area contributed by atoms with Crippen LogP contribution in [0.15, 0.2) is 67.3 Å². The Morgan fingerprint density at radius 2 is 1.87 bits per heavy atom. The van der Waals surface area contributed by atoms with Gasteiger partial charge < -0.3 is 10.3 Å². The third-order valence-corrected chi connectivity index (χ3v) is 4.03. The minimum atomic E-state index is -0.0297. The van der Waals surface area contributed by atoms with E-state index in [9.17, 15) is 4.79 Å². The van der Waals surface area contributed by atoms with Gasteiger partial charge in [0.05, 0.1) is 5.69 Å². The van der Waals surface area contributed by atoms with Crippen LogP contribution in [0.5, 0.6) is 0 Å². The Morgan fingerprint density at radius 1 is 1.17 bits per heavy atom. The number of amides is 1. The molecule has 0 aliphatic carbocycles. The molecule has 0 bridgehead atoms.